The number of aromatic nitrogens is 2. The highest BCUT2D eigenvalue weighted by atomic mass is 127. The lowest BCUT2D eigenvalue weighted by atomic mass is 10.1. The molecule has 0 aliphatic carbocycles. The third-order valence-electron chi connectivity index (χ3n) is 3.76. The van der Waals surface area contributed by atoms with Crippen LogP contribution in [0.2, 0.25) is 0 Å². The summed E-state index contributed by atoms with van der Waals surface area (Å²) in [4.78, 5) is 19.3. The fourth-order valence-electron chi connectivity index (χ4n) is 2.40. The molecule has 0 bridgehead atoms. The maximum atomic E-state index is 11.7. The average Bonchev–Trinajstić information content (AvgIpc) is 2.60. The molecule has 0 aliphatic heterocycles. The highest BCUT2D eigenvalue weighted by Gasteiger charge is 2.23. The van der Waals surface area contributed by atoms with Crippen LogP contribution in [0.25, 0.3) is 0 Å². The van der Waals surface area contributed by atoms with Gasteiger partial charge in [-0.3, -0.25) is 10.1 Å². The van der Waals surface area contributed by atoms with Gasteiger partial charge >= 0.3 is 5.69 Å². The molecule has 8 heteroatoms. The molecule has 0 saturated carbocycles. The van der Waals surface area contributed by atoms with Crippen molar-refractivity contribution in [2.24, 2.45) is 0 Å². The Morgan fingerprint density at radius 3 is 2.31 bits per heavy atom. The van der Waals surface area contributed by atoms with Crippen LogP contribution in [0, 0.1) is 27.5 Å². The van der Waals surface area contributed by atoms with E-state index >= 15 is 0 Å². The van der Waals surface area contributed by atoms with Crippen molar-refractivity contribution < 1.29 is 4.92 Å². The average molecular weight is 461 g/mol. The normalized spacial score (nSPS) is 10.4. The number of nitrogens with zero attached hydrogens (tertiary/aromatic N) is 3. The van der Waals surface area contributed by atoms with Crippen LogP contribution in [-0.2, 0) is 0 Å². The summed E-state index contributed by atoms with van der Waals surface area (Å²) in [5.41, 5.74) is 3.30. The summed E-state index contributed by atoms with van der Waals surface area (Å²) >= 11 is 2.20. The molecule has 0 atom stereocenters. The molecule has 3 rings (SSSR count). The van der Waals surface area contributed by atoms with Crippen LogP contribution in [-0.4, -0.2) is 14.9 Å². The van der Waals surface area contributed by atoms with Crippen molar-refractivity contribution in [3.8, 4) is 0 Å². The molecule has 7 nitrogen and oxygen atoms in total. The first-order chi connectivity index (χ1) is 12.4. The van der Waals surface area contributed by atoms with Gasteiger partial charge in [0.05, 0.1) is 4.92 Å². The Balaban J connectivity index is 1.99. The zero-order valence-electron chi connectivity index (χ0n) is 14.2. The molecule has 2 N–H and O–H groups in total. The van der Waals surface area contributed by atoms with E-state index in [1.165, 1.54) is 6.33 Å². The molecule has 132 valence electrons. The van der Waals surface area contributed by atoms with Crippen molar-refractivity contribution in [2.75, 3.05) is 10.6 Å². The third kappa shape index (κ3) is 4.07. The van der Waals surface area contributed by atoms with Gasteiger partial charge in [0, 0.05) is 14.9 Å². The lowest BCUT2D eigenvalue weighted by Crippen LogP contribution is -2.06. The molecule has 2 aromatic carbocycles. The van der Waals surface area contributed by atoms with Crippen molar-refractivity contribution in [3.05, 3.63) is 73.6 Å². The topological polar surface area (TPSA) is 93.0 Å². The zero-order chi connectivity index (χ0) is 18.7. The molecule has 0 spiro atoms. The van der Waals surface area contributed by atoms with Crippen LogP contribution in [0.1, 0.15) is 11.1 Å². The molecule has 0 unspecified atom stereocenters. The third-order valence-corrected chi connectivity index (χ3v) is 4.48. The SMILES string of the molecule is Cc1ccc(C)c(Nc2ncnc(Nc3ccc(I)cc3)c2[N+](=O)[O-])c1. The second kappa shape index (κ2) is 7.65. The Morgan fingerprint density at radius 2 is 1.65 bits per heavy atom. The van der Waals surface area contributed by atoms with Crippen LogP contribution < -0.4 is 10.6 Å². The van der Waals surface area contributed by atoms with Crippen molar-refractivity contribution in [1.82, 2.24) is 9.97 Å². The van der Waals surface area contributed by atoms with E-state index in [1.54, 1.807) is 0 Å². The van der Waals surface area contributed by atoms with Crippen LogP contribution in [0.5, 0.6) is 0 Å². The van der Waals surface area contributed by atoms with Crippen LogP contribution in [0.4, 0.5) is 28.7 Å². The molecule has 1 aromatic heterocycles. The molecule has 0 aliphatic rings. The number of nitrogens with one attached hydrogen (secondary N) is 2. The van der Waals surface area contributed by atoms with Gasteiger partial charge in [-0.1, -0.05) is 12.1 Å². The van der Waals surface area contributed by atoms with Gasteiger partial charge in [0.1, 0.15) is 6.33 Å². The second-order valence-electron chi connectivity index (χ2n) is 5.75. The molecular formula is C18H16IN5O2. The van der Waals surface area contributed by atoms with Crippen molar-refractivity contribution in [3.63, 3.8) is 0 Å². The number of benzene rings is 2. The maximum Gasteiger partial charge on any atom is 0.353 e. The molecule has 0 radical (unpaired) electrons. The van der Waals surface area contributed by atoms with Gasteiger partial charge < -0.3 is 10.6 Å². The predicted octanol–water partition coefficient (Wildman–Crippen LogP) is 5.09. The van der Waals surface area contributed by atoms with Crippen molar-refractivity contribution >= 4 is 51.3 Å². The molecule has 26 heavy (non-hydrogen) atoms. The highest BCUT2D eigenvalue weighted by molar-refractivity contribution is 14.1. The molecule has 0 fully saturated rings. The van der Waals surface area contributed by atoms with Gasteiger partial charge in [-0.2, -0.15) is 0 Å². The number of halogens is 1. The molecule has 0 saturated heterocycles. The first-order valence-electron chi connectivity index (χ1n) is 7.80. The monoisotopic (exact) mass is 461 g/mol. The van der Waals surface area contributed by atoms with Gasteiger partial charge in [0.2, 0.25) is 11.6 Å². The van der Waals surface area contributed by atoms with E-state index in [0.29, 0.717) is 5.69 Å². The lowest BCUT2D eigenvalue weighted by molar-refractivity contribution is -0.383. The zero-order valence-corrected chi connectivity index (χ0v) is 16.3. The van der Waals surface area contributed by atoms with Crippen molar-refractivity contribution in [2.45, 2.75) is 13.8 Å². The second-order valence-corrected chi connectivity index (χ2v) is 7.00. The Morgan fingerprint density at radius 1 is 1.00 bits per heavy atom. The summed E-state index contributed by atoms with van der Waals surface area (Å²) in [6.07, 6.45) is 1.30. The Bertz CT molecular complexity index is 960. The Labute approximate surface area is 164 Å². The fraction of sp³-hybridized carbons (Fsp3) is 0.111. The van der Waals surface area contributed by atoms with Gasteiger partial charge in [0.25, 0.3) is 0 Å². The summed E-state index contributed by atoms with van der Waals surface area (Å²) < 4.78 is 1.07. The minimum atomic E-state index is -0.484. The Kier molecular flexibility index (Phi) is 5.31. The number of hydrogen-bond acceptors (Lipinski definition) is 6. The van der Waals surface area contributed by atoms with Crippen molar-refractivity contribution in [1.29, 1.82) is 0 Å². The van der Waals surface area contributed by atoms with E-state index in [9.17, 15) is 10.1 Å². The number of aryl methyl sites for hydroxylation is 2. The molecule has 1 heterocycles. The largest absolute Gasteiger partial charge is 0.353 e. The van der Waals surface area contributed by atoms with E-state index in [1.807, 2.05) is 56.3 Å². The minimum Gasteiger partial charge on any atom is -0.334 e. The van der Waals surface area contributed by atoms with Gasteiger partial charge in [-0.05, 0) is 77.9 Å². The fourth-order valence-corrected chi connectivity index (χ4v) is 2.76. The Hall–Kier alpha value is -2.75. The van der Waals surface area contributed by atoms with E-state index in [-0.39, 0.29) is 17.3 Å². The first-order valence-corrected chi connectivity index (χ1v) is 8.88. The number of hydrogen-bond donors (Lipinski definition) is 2. The van der Waals surface area contributed by atoms with Crippen LogP contribution >= 0.6 is 22.6 Å². The summed E-state index contributed by atoms with van der Waals surface area (Å²) in [6.45, 7) is 3.89. The number of anilines is 4. The summed E-state index contributed by atoms with van der Waals surface area (Å²) in [6, 6.07) is 13.4. The molecular weight excluding hydrogens is 445 g/mol. The highest BCUT2D eigenvalue weighted by Crippen LogP contribution is 2.33. The first kappa shape index (κ1) is 18.1. The summed E-state index contributed by atoms with van der Waals surface area (Å²) in [7, 11) is 0. The molecule has 3 aromatic rings. The summed E-state index contributed by atoms with van der Waals surface area (Å²) in [5.74, 6) is 0.283. The van der Waals surface area contributed by atoms with Crippen LogP contribution in [0.15, 0.2) is 48.8 Å². The maximum absolute atomic E-state index is 11.7. The minimum absolute atomic E-state index is 0.138. The van der Waals surface area contributed by atoms with E-state index in [4.69, 9.17) is 0 Å². The molecule has 0 amide bonds. The summed E-state index contributed by atoms with van der Waals surface area (Å²) in [5, 5.41) is 17.7. The van der Waals surface area contributed by atoms with Gasteiger partial charge in [-0.25, -0.2) is 9.97 Å². The van der Waals surface area contributed by atoms with Gasteiger partial charge in [-0.15, -0.1) is 0 Å². The van der Waals surface area contributed by atoms with Gasteiger partial charge in [0.15, 0.2) is 0 Å². The lowest BCUT2D eigenvalue weighted by Gasteiger charge is -2.12. The van der Waals surface area contributed by atoms with Crippen LogP contribution in [0.3, 0.4) is 0 Å². The predicted molar refractivity (Wildman–Crippen MR) is 110 cm³/mol. The quantitative estimate of drug-likeness (QED) is 0.312. The number of nitro groups is 1. The van der Waals surface area contributed by atoms with E-state index in [0.717, 1.165) is 20.4 Å². The van der Waals surface area contributed by atoms with E-state index < -0.39 is 4.92 Å². The number of rotatable bonds is 5. The smallest absolute Gasteiger partial charge is 0.334 e. The standard InChI is InChI=1S/C18H16IN5O2/c1-11-3-4-12(2)15(9-11)23-18-16(24(25)26)17(20-10-21-18)22-14-7-5-13(19)6-8-14/h3-10H,1-2H3,(H2,20,21,22,23). The van der Waals surface area contributed by atoms with E-state index in [2.05, 4.69) is 43.2 Å².